The van der Waals surface area contributed by atoms with Crippen molar-refractivity contribution < 1.29 is 19.1 Å². The summed E-state index contributed by atoms with van der Waals surface area (Å²) in [5.41, 5.74) is 2.08. The van der Waals surface area contributed by atoms with E-state index in [1.54, 1.807) is 0 Å². The molecule has 6 nitrogen and oxygen atoms in total. The summed E-state index contributed by atoms with van der Waals surface area (Å²) in [7, 11) is 3.33. The van der Waals surface area contributed by atoms with Crippen molar-refractivity contribution in [3.63, 3.8) is 0 Å². The van der Waals surface area contributed by atoms with Crippen LogP contribution in [0.15, 0.2) is 12.1 Å². The Hall–Kier alpha value is -2.15. The number of anilines is 1. The molecule has 0 unspecified atom stereocenters. The second-order valence-corrected chi connectivity index (χ2v) is 13.2. The molecule has 37 heavy (non-hydrogen) atoms. The fraction of sp³-hybridized carbons (Fsp3) is 0.700. The minimum absolute atomic E-state index is 0.00835. The van der Waals surface area contributed by atoms with Crippen LogP contribution in [0.2, 0.25) is 0 Å². The van der Waals surface area contributed by atoms with Crippen LogP contribution < -0.4 is 4.90 Å². The maximum absolute atomic E-state index is 14.3. The normalized spacial score (nSPS) is 30.4. The highest BCUT2D eigenvalue weighted by atomic mass is 32.1. The second-order valence-electron chi connectivity index (χ2n) is 12.1. The SMILES string of the molecule is COC(=O)c1sc(C2=CCCCC2)cc1N(C(=O)C1CCC(C)CC1)C1CCC2(CC1)CC(=O)N(C)C2. The average molecular weight is 527 g/mol. The summed E-state index contributed by atoms with van der Waals surface area (Å²) in [6.07, 6.45) is 15.0. The molecule has 3 aliphatic carbocycles. The number of esters is 1. The van der Waals surface area contributed by atoms with E-state index in [-0.39, 0.29) is 35.2 Å². The lowest BCUT2D eigenvalue weighted by Gasteiger charge is -2.42. The number of ether oxygens (including phenoxy) is 1. The number of nitrogens with zero attached hydrogens (tertiary/aromatic N) is 2. The van der Waals surface area contributed by atoms with Gasteiger partial charge in [-0.2, -0.15) is 0 Å². The maximum atomic E-state index is 14.3. The molecule has 1 aromatic rings. The minimum Gasteiger partial charge on any atom is -0.465 e. The standard InChI is InChI=1S/C30H42N2O4S/c1-20-9-11-22(12-10-20)28(34)32(23-13-15-30(16-14-23)18-26(33)31(2)19-30)24-17-25(21-7-5-4-6-8-21)37-27(24)29(35)36-3/h7,17,20,22-23H,4-6,8-16,18-19H2,1-3H3. The molecule has 1 aliphatic heterocycles. The van der Waals surface area contributed by atoms with Crippen LogP contribution >= 0.6 is 11.3 Å². The van der Waals surface area contributed by atoms with E-state index in [4.69, 9.17) is 4.74 Å². The lowest BCUT2D eigenvalue weighted by molar-refractivity contribution is -0.127. The van der Waals surface area contributed by atoms with Crippen LogP contribution in [0.3, 0.4) is 0 Å². The van der Waals surface area contributed by atoms with Crippen LogP contribution in [0.4, 0.5) is 5.69 Å². The molecule has 1 spiro atoms. The van der Waals surface area contributed by atoms with E-state index < -0.39 is 0 Å². The van der Waals surface area contributed by atoms with Crippen molar-refractivity contribution in [2.75, 3.05) is 25.6 Å². The van der Waals surface area contributed by atoms with Crippen molar-refractivity contribution in [3.05, 3.63) is 21.9 Å². The predicted octanol–water partition coefficient (Wildman–Crippen LogP) is 6.44. The van der Waals surface area contributed by atoms with E-state index in [2.05, 4.69) is 19.1 Å². The minimum atomic E-state index is -0.354. The van der Waals surface area contributed by atoms with Gasteiger partial charge in [-0.15, -0.1) is 11.3 Å². The summed E-state index contributed by atoms with van der Waals surface area (Å²) in [6, 6.07) is 2.15. The first-order valence-corrected chi connectivity index (χ1v) is 15.1. The number of methoxy groups -OCH3 is 1. The van der Waals surface area contributed by atoms with Crippen molar-refractivity contribution in [3.8, 4) is 0 Å². The van der Waals surface area contributed by atoms with Crippen molar-refractivity contribution in [2.45, 2.75) is 96.4 Å². The van der Waals surface area contributed by atoms with Gasteiger partial charge >= 0.3 is 5.97 Å². The van der Waals surface area contributed by atoms with Gasteiger partial charge in [0.2, 0.25) is 11.8 Å². The molecule has 2 saturated carbocycles. The fourth-order valence-corrected chi connectivity index (χ4v) is 8.27. The van der Waals surface area contributed by atoms with E-state index in [1.165, 1.54) is 30.4 Å². The molecule has 1 saturated heterocycles. The van der Waals surface area contributed by atoms with Gasteiger partial charge in [-0.1, -0.05) is 13.0 Å². The zero-order chi connectivity index (χ0) is 26.2. The van der Waals surface area contributed by atoms with Crippen LogP contribution in [0.5, 0.6) is 0 Å². The number of likely N-dealkylation sites (tertiary alicyclic amines) is 1. The molecule has 7 heteroatoms. The Morgan fingerprint density at radius 1 is 1.11 bits per heavy atom. The monoisotopic (exact) mass is 526 g/mol. The third-order valence-electron chi connectivity index (χ3n) is 9.46. The molecule has 0 radical (unpaired) electrons. The number of carbonyl (C=O) groups is 3. The van der Waals surface area contributed by atoms with Gasteiger partial charge in [-0.05, 0) is 100 Å². The summed E-state index contributed by atoms with van der Waals surface area (Å²) in [4.78, 5) is 45.2. The van der Waals surface area contributed by atoms with Gasteiger partial charge in [0.25, 0.3) is 0 Å². The lowest BCUT2D eigenvalue weighted by atomic mass is 9.71. The number of thiophene rings is 1. The summed E-state index contributed by atoms with van der Waals surface area (Å²) in [6.45, 7) is 3.09. The smallest absolute Gasteiger partial charge is 0.350 e. The van der Waals surface area contributed by atoms with Crippen molar-refractivity contribution in [1.82, 2.24) is 4.90 Å². The molecular weight excluding hydrogens is 484 g/mol. The molecular formula is C30H42N2O4S. The maximum Gasteiger partial charge on any atom is 0.350 e. The number of carbonyl (C=O) groups excluding carboxylic acids is 3. The van der Waals surface area contributed by atoms with Gasteiger partial charge in [-0.25, -0.2) is 4.79 Å². The van der Waals surface area contributed by atoms with Crippen LogP contribution in [0, 0.1) is 17.3 Å². The lowest BCUT2D eigenvalue weighted by Crippen LogP contribution is -2.48. The average Bonchev–Trinajstić information content (AvgIpc) is 3.46. The number of hydrogen-bond acceptors (Lipinski definition) is 5. The van der Waals surface area contributed by atoms with Crippen molar-refractivity contribution >= 4 is 40.4 Å². The Labute approximate surface area is 225 Å². The van der Waals surface area contributed by atoms with E-state index in [0.717, 1.165) is 87.7 Å². The molecule has 0 bridgehead atoms. The van der Waals surface area contributed by atoms with Crippen molar-refractivity contribution in [1.29, 1.82) is 0 Å². The summed E-state index contributed by atoms with van der Waals surface area (Å²) >= 11 is 1.49. The first-order chi connectivity index (χ1) is 17.8. The van der Waals surface area contributed by atoms with Crippen LogP contribution in [0.25, 0.3) is 5.57 Å². The predicted molar refractivity (Wildman–Crippen MR) is 148 cm³/mol. The molecule has 2 amide bonds. The third kappa shape index (κ3) is 5.39. The van der Waals surface area contributed by atoms with Crippen LogP contribution in [0.1, 0.15) is 105 Å². The van der Waals surface area contributed by atoms with Gasteiger partial charge in [0.05, 0.1) is 12.8 Å². The molecule has 5 rings (SSSR count). The molecule has 4 aliphatic rings. The Morgan fingerprint density at radius 3 is 2.43 bits per heavy atom. The Bertz CT molecular complexity index is 1060. The molecule has 1 aromatic heterocycles. The van der Waals surface area contributed by atoms with Gasteiger partial charge in [0.15, 0.2) is 0 Å². The zero-order valence-electron chi connectivity index (χ0n) is 22.7. The quantitative estimate of drug-likeness (QED) is 0.414. The number of amides is 2. The summed E-state index contributed by atoms with van der Waals surface area (Å²) in [5, 5.41) is 0. The van der Waals surface area contributed by atoms with E-state index >= 15 is 0 Å². The third-order valence-corrected chi connectivity index (χ3v) is 10.6. The highest BCUT2D eigenvalue weighted by Gasteiger charge is 2.46. The van der Waals surface area contributed by atoms with Crippen LogP contribution in [-0.4, -0.2) is 49.4 Å². The van der Waals surface area contributed by atoms with Gasteiger partial charge < -0.3 is 14.5 Å². The van der Waals surface area contributed by atoms with E-state index in [9.17, 15) is 14.4 Å². The molecule has 0 aromatic carbocycles. The van der Waals surface area contributed by atoms with Gasteiger partial charge in [0.1, 0.15) is 4.88 Å². The zero-order valence-corrected chi connectivity index (χ0v) is 23.5. The van der Waals surface area contributed by atoms with Crippen molar-refractivity contribution in [2.24, 2.45) is 17.3 Å². The Kier molecular flexibility index (Phi) is 7.80. The molecule has 0 N–H and O–H groups in total. The first-order valence-electron chi connectivity index (χ1n) is 14.3. The molecule has 3 fully saturated rings. The van der Waals surface area contributed by atoms with Gasteiger partial charge in [0, 0.05) is 36.9 Å². The summed E-state index contributed by atoms with van der Waals surface area (Å²) in [5.74, 6) is 0.737. The number of allylic oxidation sites excluding steroid dienone is 2. The highest BCUT2D eigenvalue weighted by molar-refractivity contribution is 7.15. The molecule has 202 valence electrons. The largest absolute Gasteiger partial charge is 0.465 e. The fourth-order valence-electron chi connectivity index (χ4n) is 7.13. The first kappa shape index (κ1) is 26.5. The van der Waals surface area contributed by atoms with Gasteiger partial charge in [-0.3, -0.25) is 9.59 Å². The van der Waals surface area contributed by atoms with E-state index in [1.807, 2.05) is 16.8 Å². The molecule has 0 atom stereocenters. The summed E-state index contributed by atoms with van der Waals surface area (Å²) < 4.78 is 5.23. The topological polar surface area (TPSA) is 66.9 Å². The second kappa shape index (κ2) is 10.9. The Morgan fingerprint density at radius 2 is 1.84 bits per heavy atom. The van der Waals surface area contributed by atoms with E-state index in [0.29, 0.717) is 17.2 Å². The van der Waals surface area contributed by atoms with Crippen LogP contribution in [-0.2, 0) is 14.3 Å². The highest BCUT2D eigenvalue weighted by Crippen LogP contribution is 2.47. The Balaban J connectivity index is 1.48. The molecule has 2 heterocycles. The number of hydrogen-bond donors (Lipinski definition) is 0. The number of rotatable bonds is 5.